The molecule has 2 aliphatic carbocycles. The van der Waals surface area contributed by atoms with E-state index in [1.807, 2.05) is 13.8 Å². The van der Waals surface area contributed by atoms with E-state index in [1.165, 1.54) is 0 Å². The maximum Gasteiger partial charge on any atom is 0.326 e. The van der Waals surface area contributed by atoms with Gasteiger partial charge in [0.2, 0.25) is 5.91 Å². The van der Waals surface area contributed by atoms with E-state index in [4.69, 9.17) is 5.11 Å². The number of carbonyl (C=O) groups is 2. The van der Waals surface area contributed by atoms with Gasteiger partial charge >= 0.3 is 5.97 Å². The third kappa shape index (κ3) is 2.74. The van der Waals surface area contributed by atoms with Gasteiger partial charge in [-0.15, -0.1) is 0 Å². The lowest BCUT2D eigenvalue weighted by Crippen LogP contribution is -2.45. The summed E-state index contributed by atoms with van der Waals surface area (Å²) in [6.45, 7) is 3.92. The number of carbonyl (C=O) groups excluding carboxylic acids is 1. The molecule has 0 spiro atoms. The smallest absolute Gasteiger partial charge is 0.326 e. The number of allylic oxidation sites excluding steroid dienone is 2. The molecule has 0 heterocycles. The standard InChI is InChI=1S/C14H21NO3/c1-8(2)5-12(14(17)18)15-13(16)11-7-9-3-4-10(11)6-9/h3-4,8-12H,5-7H2,1-2H3,(H,15,16)(H,17,18). The molecule has 2 N–H and O–H groups in total. The molecular weight excluding hydrogens is 230 g/mol. The molecule has 18 heavy (non-hydrogen) atoms. The molecule has 4 atom stereocenters. The summed E-state index contributed by atoms with van der Waals surface area (Å²) in [5.74, 6) is 0.0682. The number of fused-ring (bicyclic) bond motifs is 2. The molecule has 2 bridgehead atoms. The van der Waals surface area contributed by atoms with Crippen molar-refractivity contribution >= 4 is 11.9 Å². The number of aliphatic carboxylic acids is 1. The molecule has 0 aromatic carbocycles. The molecule has 1 fully saturated rings. The highest BCUT2D eigenvalue weighted by molar-refractivity contribution is 5.85. The van der Waals surface area contributed by atoms with Crippen molar-refractivity contribution < 1.29 is 14.7 Å². The molecule has 0 aromatic heterocycles. The van der Waals surface area contributed by atoms with E-state index in [9.17, 15) is 9.59 Å². The Hall–Kier alpha value is -1.32. The molecule has 0 aliphatic heterocycles. The van der Waals surface area contributed by atoms with Crippen molar-refractivity contribution in [3.05, 3.63) is 12.2 Å². The predicted molar refractivity (Wildman–Crippen MR) is 67.9 cm³/mol. The van der Waals surface area contributed by atoms with Crippen LogP contribution in [0.5, 0.6) is 0 Å². The van der Waals surface area contributed by atoms with Crippen LogP contribution in [0.3, 0.4) is 0 Å². The van der Waals surface area contributed by atoms with Gasteiger partial charge in [0.25, 0.3) is 0 Å². The minimum atomic E-state index is -0.934. The van der Waals surface area contributed by atoms with Gasteiger partial charge in [-0.05, 0) is 37.0 Å². The molecule has 4 unspecified atom stereocenters. The normalized spacial score (nSPS) is 30.7. The summed E-state index contributed by atoms with van der Waals surface area (Å²) >= 11 is 0. The SMILES string of the molecule is CC(C)CC(NC(=O)C1CC2C=CC1C2)C(=O)O. The van der Waals surface area contributed by atoms with Gasteiger partial charge in [-0.25, -0.2) is 4.79 Å². The van der Waals surface area contributed by atoms with Crippen LogP contribution in [-0.2, 0) is 9.59 Å². The van der Waals surface area contributed by atoms with Crippen molar-refractivity contribution in [1.29, 1.82) is 0 Å². The molecule has 4 nitrogen and oxygen atoms in total. The van der Waals surface area contributed by atoms with E-state index < -0.39 is 12.0 Å². The molecule has 100 valence electrons. The minimum absolute atomic E-state index is 0.0194. The summed E-state index contributed by atoms with van der Waals surface area (Å²) in [6, 6.07) is -0.749. The monoisotopic (exact) mass is 251 g/mol. The van der Waals surface area contributed by atoms with Crippen molar-refractivity contribution in [2.75, 3.05) is 0 Å². The largest absolute Gasteiger partial charge is 0.480 e. The first-order chi connectivity index (χ1) is 8.47. The Morgan fingerprint density at radius 1 is 1.33 bits per heavy atom. The summed E-state index contributed by atoms with van der Waals surface area (Å²) in [6.07, 6.45) is 6.70. The molecule has 0 saturated heterocycles. The van der Waals surface area contributed by atoms with Crippen LogP contribution >= 0.6 is 0 Å². The van der Waals surface area contributed by atoms with Gasteiger partial charge < -0.3 is 10.4 Å². The highest BCUT2D eigenvalue weighted by Gasteiger charge is 2.40. The molecular formula is C14H21NO3. The fourth-order valence-electron chi connectivity index (χ4n) is 3.05. The number of hydrogen-bond acceptors (Lipinski definition) is 2. The van der Waals surface area contributed by atoms with Gasteiger partial charge in [0.05, 0.1) is 0 Å². The second-order valence-corrected chi connectivity index (χ2v) is 5.92. The summed E-state index contributed by atoms with van der Waals surface area (Å²) in [7, 11) is 0. The van der Waals surface area contributed by atoms with Gasteiger partial charge in [-0.1, -0.05) is 26.0 Å². The van der Waals surface area contributed by atoms with E-state index in [1.54, 1.807) is 0 Å². The van der Waals surface area contributed by atoms with Crippen LogP contribution in [-0.4, -0.2) is 23.0 Å². The lowest BCUT2D eigenvalue weighted by molar-refractivity contribution is -0.143. The quantitative estimate of drug-likeness (QED) is 0.732. The van der Waals surface area contributed by atoms with Gasteiger partial charge in [0.1, 0.15) is 6.04 Å². The number of carboxylic acids is 1. The van der Waals surface area contributed by atoms with E-state index in [0.29, 0.717) is 18.3 Å². The third-order valence-corrected chi connectivity index (χ3v) is 3.94. The maximum atomic E-state index is 12.1. The van der Waals surface area contributed by atoms with Crippen molar-refractivity contribution in [3.63, 3.8) is 0 Å². The Balaban J connectivity index is 1.93. The fourth-order valence-corrected chi connectivity index (χ4v) is 3.05. The zero-order valence-electron chi connectivity index (χ0n) is 10.9. The number of carboxylic acid groups (broad SMARTS) is 1. The van der Waals surface area contributed by atoms with Crippen LogP contribution in [0.15, 0.2) is 12.2 Å². The van der Waals surface area contributed by atoms with Crippen molar-refractivity contribution in [2.45, 2.75) is 39.2 Å². The topological polar surface area (TPSA) is 66.4 Å². The van der Waals surface area contributed by atoms with E-state index >= 15 is 0 Å². The maximum absolute atomic E-state index is 12.1. The molecule has 4 heteroatoms. The van der Waals surface area contributed by atoms with Gasteiger partial charge in [-0.2, -0.15) is 0 Å². The minimum Gasteiger partial charge on any atom is -0.480 e. The Labute approximate surface area is 107 Å². The predicted octanol–water partition coefficient (Wildman–Crippen LogP) is 1.81. The summed E-state index contributed by atoms with van der Waals surface area (Å²) in [5.41, 5.74) is 0. The molecule has 1 amide bonds. The average molecular weight is 251 g/mol. The third-order valence-electron chi connectivity index (χ3n) is 3.94. The molecule has 0 radical (unpaired) electrons. The highest BCUT2D eigenvalue weighted by Crippen LogP contribution is 2.43. The Morgan fingerprint density at radius 2 is 2.06 bits per heavy atom. The highest BCUT2D eigenvalue weighted by atomic mass is 16.4. The van der Waals surface area contributed by atoms with E-state index in [2.05, 4.69) is 17.5 Å². The lowest BCUT2D eigenvalue weighted by atomic mass is 9.92. The van der Waals surface area contributed by atoms with E-state index in [-0.39, 0.29) is 17.7 Å². The van der Waals surface area contributed by atoms with Crippen LogP contribution < -0.4 is 5.32 Å². The zero-order valence-corrected chi connectivity index (χ0v) is 10.9. The second kappa shape index (κ2) is 5.12. The molecule has 1 saturated carbocycles. The van der Waals surface area contributed by atoms with Gasteiger partial charge in [-0.3, -0.25) is 4.79 Å². The van der Waals surface area contributed by atoms with Crippen LogP contribution in [0.2, 0.25) is 0 Å². The first kappa shape index (κ1) is 13.1. The number of hydrogen-bond donors (Lipinski definition) is 2. The van der Waals surface area contributed by atoms with Crippen LogP contribution in [0, 0.1) is 23.7 Å². The number of nitrogens with one attached hydrogen (secondary N) is 1. The summed E-state index contributed by atoms with van der Waals surface area (Å²) in [4.78, 5) is 23.2. The van der Waals surface area contributed by atoms with Crippen molar-refractivity contribution in [1.82, 2.24) is 5.32 Å². The summed E-state index contributed by atoms with van der Waals surface area (Å²) in [5, 5.41) is 11.8. The first-order valence-electron chi connectivity index (χ1n) is 6.69. The zero-order chi connectivity index (χ0) is 13.3. The van der Waals surface area contributed by atoms with Crippen molar-refractivity contribution in [3.8, 4) is 0 Å². The Morgan fingerprint density at radius 3 is 2.50 bits per heavy atom. The molecule has 0 aromatic rings. The first-order valence-corrected chi connectivity index (χ1v) is 6.69. The number of amides is 1. The Bertz CT molecular complexity index is 375. The van der Waals surface area contributed by atoms with Crippen molar-refractivity contribution in [2.24, 2.45) is 23.7 Å². The Kier molecular flexibility index (Phi) is 3.73. The van der Waals surface area contributed by atoms with Crippen LogP contribution in [0.25, 0.3) is 0 Å². The molecule has 2 rings (SSSR count). The number of rotatable bonds is 5. The van der Waals surface area contributed by atoms with Gasteiger partial charge in [0, 0.05) is 5.92 Å². The second-order valence-electron chi connectivity index (χ2n) is 5.92. The fraction of sp³-hybridized carbons (Fsp3) is 0.714. The van der Waals surface area contributed by atoms with Crippen LogP contribution in [0.1, 0.15) is 33.1 Å². The molecule has 2 aliphatic rings. The lowest BCUT2D eigenvalue weighted by Gasteiger charge is -2.22. The summed E-state index contributed by atoms with van der Waals surface area (Å²) < 4.78 is 0. The van der Waals surface area contributed by atoms with Crippen LogP contribution in [0.4, 0.5) is 0 Å². The average Bonchev–Trinajstić information content (AvgIpc) is 2.88. The van der Waals surface area contributed by atoms with Gasteiger partial charge in [0.15, 0.2) is 0 Å². The van der Waals surface area contributed by atoms with E-state index in [0.717, 1.165) is 12.8 Å².